The van der Waals surface area contributed by atoms with Gasteiger partial charge in [-0.3, -0.25) is 9.59 Å². The number of para-hydroxylation sites is 1. The van der Waals surface area contributed by atoms with Gasteiger partial charge in [0.25, 0.3) is 5.91 Å². The summed E-state index contributed by atoms with van der Waals surface area (Å²) in [4.78, 5) is 25.2. The molecule has 3 rings (SSSR count). The zero-order valence-electron chi connectivity index (χ0n) is 16.6. The van der Waals surface area contributed by atoms with E-state index in [-0.39, 0.29) is 11.8 Å². The third-order valence-electron chi connectivity index (χ3n) is 5.58. The number of carbonyl (C=O) groups excluding carboxylic acids is 2. The molecule has 2 aromatic rings. The maximum Gasteiger partial charge on any atom is 0.256 e. The van der Waals surface area contributed by atoms with Gasteiger partial charge in [-0.05, 0) is 74.5 Å². The molecule has 148 valence electrons. The molecule has 0 aliphatic carbocycles. The average Bonchev–Trinajstić information content (AvgIpc) is 2.71. The quantitative estimate of drug-likeness (QED) is 0.704. The van der Waals surface area contributed by atoms with Crippen LogP contribution in [0.15, 0.2) is 48.5 Å². The number of anilines is 2. The van der Waals surface area contributed by atoms with E-state index < -0.39 is 0 Å². The number of carbonyl (C=O) groups is 2. The van der Waals surface area contributed by atoms with Gasteiger partial charge in [-0.15, -0.1) is 0 Å². The predicted octanol–water partition coefficient (Wildman–Crippen LogP) is 4.21. The van der Waals surface area contributed by atoms with Gasteiger partial charge in [-0.1, -0.05) is 31.2 Å². The van der Waals surface area contributed by atoms with Gasteiger partial charge in [0, 0.05) is 23.4 Å². The summed E-state index contributed by atoms with van der Waals surface area (Å²) in [6.45, 7) is 6.10. The molecule has 1 saturated heterocycles. The Morgan fingerprint density at radius 2 is 1.75 bits per heavy atom. The lowest BCUT2D eigenvalue weighted by Gasteiger charge is -2.28. The highest BCUT2D eigenvalue weighted by atomic mass is 16.2. The maximum absolute atomic E-state index is 12.6. The largest absolute Gasteiger partial charge is 0.326 e. The highest BCUT2D eigenvalue weighted by molar-refractivity contribution is 6.06. The zero-order valence-corrected chi connectivity index (χ0v) is 16.6. The second-order valence-corrected chi connectivity index (χ2v) is 7.62. The summed E-state index contributed by atoms with van der Waals surface area (Å²) in [5.41, 5.74) is 2.78. The molecule has 1 aliphatic rings. The van der Waals surface area contributed by atoms with Crippen molar-refractivity contribution in [1.29, 1.82) is 0 Å². The lowest BCUT2D eigenvalue weighted by molar-refractivity contribution is -0.117. The summed E-state index contributed by atoms with van der Waals surface area (Å²) in [7, 11) is 0. The molecule has 0 spiro atoms. The Balaban J connectivity index is 1.63. The Bertz CT molecular complexity index is 814. The van der Waals surface area contributed by atoms with E-state index in [4.69, 9.17) is 0 Å². The fourth-order valence-corrected chi connectivity index (χ4v) is 3.81. The van der Waals surface area contributed by atoms with E-state index in [1.807, 2.05) is 43.3 Å². The topological polar surface area (TPSA) is 70.2 Å². The number of amides is 2. The Hall–Kier alpha value is -2.66. The van der Waals surface area contributed by atoms with E-state index in [0.717, 1.165) is 37.2 Å². The van der Waals surface area contributed by atoms with Crippen LogP contribution in [0, 0.1) is 18.8 Å². The molecule has 2 amide bonds. The monoisotopic (exact) mass is 379 g/mol. The van der Waals surface area contributed by atoms with Gasteiger partial charge in [0.2, 0.25) is 5.91 Å². The van der Waals surface area contributed by atoms with Crippen molar-refractivity contribution in [1.82, 2.24) is 5.32 Å². The molecule has 28 heavy (non-hydrogen) atoms. The smallest absolute Gasteiger partial charge is 0.256 e. The predicted molar refractivity (Wildman–Crippen MR) is 114 cm³/mol. The highest BCUT2D eigenvalue weighted by Gasteiger charge is 2.22. The molecular weight excluding hydrogens is 350 g/mol. The summed E-state index contributed by atoms with van der Waals surface area (Å²) in [5, 5.41) is 9.27. The van der Waals surface area contributed by atoms with Crippen molar-refractivity contribution in [2.45, 2.75) is 33.1 Å². The van der Waals surface area contributed by atoms with Gasteiger partial charge < -0.3 is 16.0 Å². The third kappa shape index (κ3) is 5.20. The van der Waals surface area contributed by atoms with Crippen LogP contribution in [-0.2, 0) is 4.79 Å². The number of piperidine rings is 1. The maximum atomic E-state index is 12.6. The van der Waals surface area contributed by atoms with E-state index in [0.29, 0.717) is 29.5 Å². The lowest BCUT2D eigenvalue weighted by atomic mass is 9.84. The standard InChI is InChI=1S/C23H29N3O2/c1-16(18-11-13-24-14-12-18)15-22(27)26-21-10-6-9-20(17(21)2)23(28)25-19-7-4-3-5-8-19/h3-10,16,18,24H,11-15H2,1-2H3,(H,25,28)(H,26,27). The van der Waals surface area contributed by atoms with E-state index in [9.17, 15) is 9.59 Å². The van der Waals surface area contributed by atoms with E-state index >= 15 is 0 Å². The molecule has 5 nitrogen and oxygen atoms in total. The fraction of sp³-hybridized carbons (Fsp3) is 0.391. The first-order chi connectivity index (χ1) is 13.5. The second-order valence-electron chi connectivity index (χ2n) is 7.62. The minimum Gasteiger partial charge on any atom is -0.326 e. The van der Waals surface area contributed by atoms with Crippen LogP contribution in [0.5, 0.6) is 0 Å². The minimum absolute atomic E-state index is 0.00903. The van der Waals surface area contributed by atoms with Crippen LogP contribution in [0.3, 0.4) is 0 Å². The van der Waals surface area contributed by atoms with Crippen molar-refractivity contribution in [3.63, 3.8) is 0 Å². The van der Waals surface area contributed by atoms with Gasteiger partial charge in [0.05, 0.1) is 0 Å². The van der Waals surface area contributed by atoms with Crippen molar-refractivity contribution < 1.29 is 9.59 Å². The molecule has 1 unspecified atom stereocenters. The van der Waals surface area contributed by atoms with Crippen molar-refractivity contribution >= 4 is 23.2 Å². The van der Waals surface area contributed by atoms with E-state index in [1.54, 1.807) is 12.1 Å². The molecule has 0 aromatic heterocycles. The van der Waals surface area contributed by atoms with Crippen LogP contribution >= 0.6 is 0 Å². The second kappa shape index (κ2) is 9.51. The summed E-state index contributed by atoms with van der Waals surface area (Å²) >= 11 is 0. The molecule has 0 radical (unpaired) electrons. The molecular formula is C23H29N3O2. The number of nitrogens with one attached hydrogen (secondary N) is 3. The number of benzene rings is 2. The van der Waals surface area contributed by atoms with Crippen LogP contribution < -0.4 is 16.0 Å². The van der Waals surface area contributed by atoms with Gasteiger partial charge >= 0.3 is 0 Å². The molecule has 5 heteroatoms. The Morgan fingerprint density at radius 3 is 2.46 bits per heavy atom. The zero-order chi connectivity index (χ0) is 19.9. The fourth-order valence-electron chi connectivity index (χ4n) is 3.81. The van der Waals surface area contributed by atoms with Crippen molar-refractivity contribution in [3.05, 3.63) is 59.7 Å². The summed E-state index contributed by atoms with van der Waals surface area (Å²) in [5.74, 6) is 0.778. The van der Waals surface area contributed by atoms with Crippen LogP contribution in [0.1, 0.15) is 42.1 Å². The number of rotatable bonds is 6. The Labute approximate surface area is 166 Å². The van der Waals surface area contributed by atoms with Crippen molar-refractivity contribution in [3.8, 4) is 0 Å². The lowest BCUT2D eigenvalue weighted by Crippen LogP contribution is -2.32. The number of hydrogen-bond donors (Lipinski definition) is 3. The SMILES string of the molecule is Cc1c(NC(=O)CC(C)C2CCNCC2)cccc1C(=O)Nc1ccccc1. The van der Waals surface area contributed by atoms with Crippen LogP contribution in [-0.4, -0.2) is 24.9 Å². The Kier molecular flexibility index (Phi) is 6.82. The molecule has 2 aromatic carbocycles. The molecule has 1 heterocycles. The summed E-state index contributed by atoms with van der Waals surface area (Å²) in [6, 6.07) is 14.8. The minimum atomic E-state index is -0.178. The van der Waals surface area contributed by atoms with Crippen molar-refractivity contribution in [2.24, 2.45) is 11.8 Å². The van der Waals surface area contributed by atoms with Crippen LogP contribution in [0.4, 0.5) is 11.4 Å². The van der Waals surface area contributed by atoms with Gasteiger partial charge in [0.1, 0.15) is 0 Å². The summed E-state index contributed by atoms with van der Waals surface area (Å²) < 4.78 is 0. The van der Waals surface area contributed by atoms with Gasteiger partial charge in [0.15, 0.2) is 0 Å². The van der Waals surface area contributed by atoms with Crippen LogP contribution in [0.2, 0.25) is 0 Å². The average molecular weight is 380 g/mol. The molecule has 1 aliphatic heterocycles. The third-order valence-corrected chi connectivity index (χ3v) is 5.58. The highest BCUT2D eigenvalue weighted by Crippen LogP contribution is 2.26. The normalized spacial score (nSPS) is 15.6. The molecule has 0 saturated carbocycles. The molecule has 1 fully saturated rings. The molecule has 1 atom stereocenters. The first kappa shape index (κ1) is 20.1. The van der Waals surface area contributed by atoms with Crippen molar-refractivity contribution in [2.75, 3.05) is 23.7 Å². The summed E-state index contributed by atoms with van der Waals surface area (Å²) in [6.07, 6.45) is 2.76. The van der Waals surface area contributed by atoms with E-state index in [2.05, 4.69) is 22.9 Å². The van der Waals surface area contributed by atoms with E-state index in [1.165, 1.54) is 0 Å². The molecule has 3 N–H and O–H groups in total. The number of hydrogen-bond acceptors (Lipinski definition) is 3. The first-order valence-electron chi connectivity index (χ1n) is 10.0. The van der Waals surface area contributed by atoms with Gasteiger partial charge in [-0.2, -0.15) is 0 Å². The molecule has 0 bridgehead atoms. The Morgan fingerprint density at radius 1 is 1.04 bits per heavy atom. The first-order valence-corrected chi connectivity index (χ1v) is 10.0. The van der Waals surface area contributed by atoms with Gasteiger partial charge in [-0.25, -0.2) is 0 Å². The van der Waals surface area contributed by atoms with Crippen LogP contribution in [0.25, 0.3) is 0 Å².